The number of benzene rings is 2. The van der Waals surface area contributed by atoms with Gasteiger partial charge in [-0.15, -0.1) is 11.6 Å². The molecule has 0 amide bonds. The Morgan fingerprint density at radius 1 is 1.20 bits per heavy atom. The monoisotopic (exact) mass is 285 g/mol. The lowest BCUT2D eigenvalue weighted by molar-refractivity contribution is 0.629. The van der Waals surface area contributed by atoms with Crippen molar-refractivity contribution in [2.75, 3.05) is 0 Å². The summed E-state index contributed by atoms with van der Waals surface area (Å²) in [6.07, 6.45) is 0. The first-order valence-corrected chi connectivity index (χ1v) is 6.50. The predicted molar refractivity (Wildman–Crippen MR) is 75.3 cm³/mol. The fourth-order valence-electron chi connectivity index (χ4n) is 2.17. The second-order valence-corrected chi connectivity index (χ2v) is 4.56. The van der Waals surface area contributed by atoms with E-state index in [0.717, 1.165) is 11.2 Å². The Balaban J connectivity index is 2.25. The molecule has 0 aliphatic carbocycles. The van der Waals surface area contributed by atoms with Gasteiger partial charge in [0.05, 0.1) is 28.5 Å². The Hall–Kier alpha value is -2.38. The molecule has 0 atom stereocenters. The van der Waals surface area contributed by atoms with E-state index >= 15 is 0 Å². The SMILES string of the molecule is N#Cc1ccc(-n2c(CCl)nc3cc(F)ccc32)cc1. The van der Waals surface area contributed by atoms with Crippen LogP contribution in [0.5, 0.6) is 0 Å². The predicted octanol–water partition coefficient (Wildman–Crippen LogP) is 3.78. The summed E-state index contributed by atoms with van der Waals surface area (Å²) in [5.74, 6) is 0.524. The minimum atomic E-state index is -0.330. The molecule has 2 aromatic carbocycles. The van der Waals surface area contributed by atoms with Crippen molar-refractivity contribution < 1.29 is 4.39 Å². The first kappa shape index (κ1) is 12.6. The quantitative estimate of drug-likeness (QED) is 0.673. The highest BCUT2D eigenvalue weighted by Crippen LogP contribution is 2.23. The molecule has 3 aromatic rings. The van der Waals surface area contributed by atoms with E-state index in [0.29, 0.717) is 16.9 Å². The maximum Gasteiger partial charge on any atom is 0.129 e. The average Bonchev–Trinajstić information content (AvgIpc) is 2.84. The molecule has 0 saturated carbocycles. The van der Waals surface area contributed by atoms with Crippen LogP contribution in [0.2, 0.25) is 0 Å². The number of halogens is 2. The first-order chi connectivity index (χ1) is 9.72. The lowest BCUT2D eigenvalue weighted by Gasteiger charge is -2.07. The molecule has 98 valence electrons. The normalized spacial score (nSPS) is 10.7. The van der Waals surface area contributed by atoms with E-state index in [9.17, 15) is 4.39 Å². The van der Waals surface area contributed by atoms with E-state index in [2.05, 4.69) is 11.1 Å². The van der Waals surface area contributed by atoms with Crippen LogP contribution in [0.15, 0.2) is 42.5 Å². The van der Waals surface area contributed by atoms with Gasteiger partial charge in [0.25, 0.3) is 0 Å². The van der Waals surface area contributed by atoms with E-state index in [-0.39, 0.29) is 11.7 Å². The summed E-state index contributed by atoms with van der Waals surface area (Å²) >= 11 is 5.92. The molecule has 3 nitrogen and oxygen atoms in total. The second kappa shape index (κ2) is 4.95. The number of rotatable bonds is 2. The Labute approximate surface area is 119 Å². The van der Waals surface area contributed by atoms with Gasteiger partial charge in [-0.25, -0.2) is 9.37 Å². The molecule has 0 bridgehead atoms. The third-order valence-electron chi connectivity index (χ3n) is 3.06. The summed E-state index contributed by atoms with van der Waals surface area (Å²) in [5, 5.41) is 8.83. The molecule has 3 rings (SSSR count). The molecule has 0 saturated heterocycles. The van der Waals surface area contributed by atoms with Gasteiger partial charge in [0.2, 0.25) is 0 Å². The third kappa shape index (κ3) is 2.02. The fraction of sp³-hybridized carbons (Fsp3) is 0.0667. The van der Waals surface area contributed by atoms with E-state index in [1.54, 1.807) is 18.2 Å². The average molecular weight is 286 g/mol. The Kier molecular flexibility index (Phi) is 3.13. The molecule has 0 aliphatic heterocycles. The number of imidazole rings is 1. The lowest BCUT2D eigenvalue weighted by atomic mass is 10.2. The number of aromatic nitrogens is 2. The van der Waals surface area contributed by atoms with Crippen molar-refractivity contribution in [3.63, 3.8) is 0 Å². The van der Waals surface area contributed by atoms with Gasteiger partial charge in [-0.1, -0.05) is 0 Å². The minimum Gasteiger partial charge on any atom is -0.295 e. The second-order valence-electron chi connectivity index (χ2n) is 4.29. The summed E-state index contributed by atoms with van der Waals surface area (Å²) in [5.41, 5.74) is 2.77. The van der Waals surface area contributed by atoms with Crippen molar-refractivity contribution in [1.82, 2.24) is 9.55 Å². The maximum atomic E-state index is 13.3. The number of alkyl halides is 1. The van der Waals surface area contributed by atoms with Gasteiger partial charge in [-0.3, -0.25) is 4.57 Å². The zero-order chi connectivity index (χ0) is 14.1. The van der Waals surface area contributed by atoms with Crippen molar-refractivity contribution in [3.8, 4) is 11.8 Å². The third-order valence-corrected chi connectivity index (χ3v) is 3.30. The van der Waals surface area contributed by atoms with Crippen LogP contribution in [0, 0.1) is 17.1 Å². The molecule has 20 heavy (non-hydrogen) atoms. The molecule has 0 aliphatic rings. The maximum absolute atomic E-state index is 13.3. The van der Waals surface area contributed by atoms with Crippen LogP contribution >= 0.6 is 11.6 Å². The molecule has 0 unspecified atom stereocenters. The van der Waals surface area contributed by atoms with Crippen LogP contribution in [0.3, 0.4) is 0 Å². The number of hydrogen-bond acceptors (Lipinski definition) is 2. The number of fused-ring (bicyclic) bond motifs is 1. The van der Waals surface area contributed by atoms with Gasteiger partial charge >= 0.3 is 0 Å². The standard InChI is InChI=1S/C15H9ClFN3/c16-8-15-19-13-7-11(17)3-6-14(13)20(15)12-4-1-10(9-18)2-5-12/h1-7H,8H2. The summed E-state index contributed by atoms with van der Waals surface area (Å²) in [4.78, 5) is 4.34. The van der Waals surface area contributed by atoms with Gasteiger partial charge < -0.3 is 0 Å². The minimum absolute atomic E-state index is 0.219. The van der Waals surface area contributed by atoms with Gasteiger partial charge in [-0.2, -0.15) is 5.26 Å². The molecule has 0 N–H and O–H groups in total. The smallest absolute Gasteiger partial charge is 0.129 e. The van der Waals surface area contributed by atoms with E-state index in [4.69, 9.17) is 16.9 Å². The van der Waals surface area contributed by atoms with Crippen molar-refractivity contribution in [2.45, 2.75) is 5.88 Å². The van der Waals surface area contributed by atoms with Crippen molar-refractivity contribution >= 4 is 22.6 Å². The lowest BCUT2D eigenvalue weighted by Crippen LogP contribution is -1.99. The van der Waals surface area contributed by atoms with E-state index in [1.807, 2.05) is 16.7 Å². The Morgan fingerprint density at radius 2 is 1.95 bits per heavy atom. The summed E-state index contributed by atoms with van der Waals surface area (Å²) in [6, 6.07) is 13.6. The summed E-state index contributed by atoms with van der Waals surface area (Å²) < 4.78 is 15.1. The topological polar surface area (TPSA) is 41.6 Å². The fourth-order valence-corrected chi connectivity index (χ4v) is 2.35. The van der Waals surface area contributed by atoms with E-state index in [1.165, 1.54) is 12.1 Å². The summed E-state index contributed by atoms with van der Waals surface area (Å²) in [6.45, 7) is 0. The van der Waals surface area contributed by atoms with Crippen LogP contribution < -0.4 is 0 Å². The molecule has 0 spiro atoms. The molecule has 5 heteroatoms. The zero-order valence-electron chi connectivity index (χ0n) is 10.3. The van der Waals surface area contributed by atoms with Crippen LogP contribution in [0.1, 0.15) is 11.4 Å². The van der Waals surface area contributed by atoms with Crippen LogP contribution in [-0.4, -0.2) is 9.55 Å². The van der Waals surface area contributed by atoms with Crippen molar-refractivity contribution in [3.05, 3.63) is 59.7 Å². The van der Waals surface area contributed by atoms with Crippen molar-refractivity contribution in [1.29, 1.82) is 5.26 Å². The highest BCUT2D eigenvalue weighted by molar-refractivity contribution is 6.17. The van der Waals surface area contributed by atoms with Crippen LogP contribution in [0.4, 0.5) is 4.39 Å². The summed E-state index contributed by atoms with van der Waals surface area (Å²) in [7, 11) is 0. The highest BCUT2D eigenvalue weighted by atomic mass is 35.5. The first-order valence-electron chi connectivity index (χ1n) is 5.96. The molecule has 1 aromatic heterocycles. The molecule has 0 fully saturated rings. The number of hydrogen-bond donors (Lipinski definition) is 0. The van der Waals surface area contributed by atoms with Gasteiger partial charge in [-0.05, 0) is 36.4 Å². The molecule has 1 heterocycles. The number of nitriles is 1. The van der Waals surface area contributed by atoms with Gasteiger partial charge in [0, 0.05) is 11.8 Å². The van der Waals surface area contributed by atoms with Gasteiger partial charge in [0.15, 0.2) is 0 Å². The largest absolute Gasteiger partial charge is 0.295 e. The molecular weight excluding hydrogens is 277 g/mol. The van der Waals surface area contributed by atoms with Crippen molar-refractivity contribution in [2.24, 2.45) is 0 Å². The number of nitrogens with zero attached hydrogens (tertiary/aromatic N) is 3. The zero-order valence-corrected chi connectivity index (χ0v) is 11.1. The Morgan fingerprint density at radius 3 is 2.60 bits per heavy atom. The molecular formula is C15H9ClFN3. The van der Waals surface area contributed by atoms with Gasteiger partial charge in [0.1, 0.15) is 11.6 Å². The Bertz CT molecular complexity index is 815. The van der Waals surface area contributed by atoms with E-state index < -0.39 is 0 Å². The highest BCUT2D eigenvalue weighted by Gasteiger charge is 2.12. The van der Waals surface area contributed by atoms with Crippen LogP contribution in [0.25, 0.3) is 16.7 Å². The van der Waals surface area contributed by atoms with Crippen LogP contribution in [-0.2, 0) is 5.88 Å². The molecule has 0 radical (unpaired) electrons.